The molecule has 0 spiro atoms. The lowest BCUT2D eigenvalue weighted by molar-refractivity contribution is -0.150. The molecule has 1 N–H and O–H groups in total. The van der Waals surface area contributed by atoms with Gasteiger partial charge in [-0.25, -0.2) is 22.5 Å². The minimum atomic E-state index is -2.09. The predicted octanol–water partition coefficient (Wildman–Crippen LogP) is 2.82. The van der Waals surface area contributed by atoms with Gasteiger partial charge in [0.2, 0.25) is 6.17 Å². The van der Waals surface area contributed by atoms with Crippen molar-refractivity contribution < 1.29 is 22.5 Å². The first-order valence-corrected chi connectivity index (χ1v) is 8.06. The highest BCUT2D eigenvalue weighted by molar-refractivity contribution is 7.84. The summed E-state index contributed by atoms with van der Waals surface area (Å²) < 4.78 is 46.6. The zero-order chi connectivity index (χ0) is 16.9. The summed E-state index contributed by atoms with van der Waals surface area (Å²) in [5, 5.41) is 0. The fraction of sp³-hybridized carbons (Fsp3) is 0.533. The lowest BCUT2D eigenvalue weighted by Gasteiger charge is -2.26. The van der Waals surface area contributed by atoms with E-state index < -0.39 is 39.7 Å². The van der Waals surface area contributed by atoms with Crippen molar-refractivity contribution in [1.29, 1.82) is 0 Å². The summed E-state index contributed by atoms with van der Waals surface area (Å²) in [5.41, 5.74) is 0.193. The minimum Gasteiger partial charge on any atom is -0.464 e. The smallest absolute Gasteiger partial charge is 0.342 e. The maximum Gasteiger partial charge on any atom is 0.342 e. The second-order valence-electron chi connectivity index (χ2n) is 5.69. The molecule has 0 saturated carbocycles. The standard InChI is InChI=1S/C15H21F2NO3S/c1-5-21-14(19)12(17)13(18-22(20)15(2,3)4)10-7-6-8-11(16)9-10/h6-9,12-13,18H,5H2,1-4H3/t12-,13-,22-/m0/s1. The van der Waals surface area contributed by atoms with E-state index >= 15 is 0 Å². The zero-order valence-corrected chi connectivity index (χ0v) is 13.9. The van der Waals surface area contributed by atoms with Crippen molar-refractivity contribution in [2.24, 2.45) is 0 Å². The monoisotopic (exact) mass is 333 g/mol. The number of alkyl halides is 1. The molecule has 22 heavy (non-hydrogen) atoms. The molecule has 1 aromatic carbocycles. The van der Waals surface area contributed by atoms with Gasteiger partial charge < -0.3 is 4.74 Å². The summed E-state index contributed by atoms with van der Waals surface area (Å²) in [7, 11) is -1.64. The van der Waals surface area contributed by atoms with Gasteiger partial charge in [-0.15, -0.1) is 0 Å². The Morgan fingerprint density at radius 2 is 2.05 bits per heavy atom. The zero-order valence-electron chi connectivity index (χ0n) is 13.1. The second-order valence-corrected chi connectivity index (χ2v) is 7.68. The van der Waals surface area contributed by atoms with Crippen molar-refractivity contribution in [2.45, 2.75) is 44.7 Å². The van der Waals surface area contributed by atoms with Crippen molar-refractivity contribution in [3.63, 3.8) is 0 Å². The number of nitrogens with one attached hydrogen (secondary N) is 1. The fourth-order valence-corrected chi connectivity index (χ4v) is 2.49. The molecule has 0 unspecified atom stereocenters. The van der Waals surface area contributed by atoms with Crippen LogP contribution >= 0.6 is 0 Å². The van der Waals surface area contributed by atoms with E-state index in [0.29, 0.717) is 0 Å². The fourth-order valence-electron chi connectivity index (χ4n) is 1.65. The van der Waals surface area contributed by atoms with Gasteiger partial charge >= 0.3 is 5.97 Å². The Labute approximate surface area is 131 Å². The molecule has 0 heterocycles. The van der Waals surface area contributed by atoms with Crippen molar-refractivity contribution in [3.05, 3.63) is 35.6 Å². The van der Waals surface area contributed by atoms with Crippen molar-refractivity contribution in [1.82, 2.24) is 4.72 Å². The number of ether oxygens (including phenoxy) is 1. The summed E-state index contributed by atoms with van der Waals surface area (Å²) in [5.74, 6) is -1.64. The van der Waals surface area contributed by atoms with Gasteiger partial charge in [0.1, 0.15) is 5.82 Å². The molecule has 0 radical (unpaired) electrons. The maximum atomic E-state index is 14.4. The van der Waals surface area contributed by atoms with E-state index in [1.54, 1.807) is 27.7 Å². The summed E-state index contributed by atoms with van der Waals surface area (Å²) in [6.45, 7) is 6.70. The highest BCUT2D eigenvalue weighted by Gasteiger charge is 2.34. The number of carbonyl (C=O) groups excluding carboxylic acids is 1. The molecule has 3 atom stereocenters. The van der Waals surface area contributed by atoms with Gasteiger partial charge in [-0.2, -0.15) is 0 Å². The molecule has 0 aliphatic carbocycles. The van der Waals surface area contributed by atoms with Crippen molar-refractivity contribution >= 4 is 17.0 Å². The van der Waals surface area contributed by atoms with E-state index in [-0.39, 0.29) is 12.2 Å². The van der Waals surface area contributed by atoms with Gasteiger partial charge in [0, 0.05) is 0 Å². The van der Waals surface area contributed by atoms with Crippen LogP contribution in [0.5, 0.6) is 0 Å². The van der Waals surface area contributed by atoms with Crippen LogP contribution in [0.1, 0.15) is 39.3 Å². The minimum absolute atomic E-state index is 0.0253. The Bertz CT molecular complexity index is 546. The number of rotatable bonds is 6. The van der Waals surface area contributed by atoms with Gasteiger partial charge in [0.05, 0.1) is 28.4 Å². The third-order valence-electron chi connectivity index (χ3n) is 2.80. The highest BCUT2D eigenvalue weighted by Crippen LogP contribution is 2.24. The second kappa shape index (κ2) is 7.78. The van der Waals surface area contributed by atoms with Crippen LogP contribution in [0.4, 0.5) is 8.78 Å². The van der Waals surface area contributed by atoms with Crippen LogP contribution in [0, 0.1) is 5.82 Å². The average Bonchev–Trinajstić information content (AvgIpc) is 2.42. The van der Waals surface area contributed by atoms with Gasteiger partial charge in [-0.05, 0) is 45.4 Å². The van der Waals surface area contributed by atoms with Crippen LogP contribution in [0.15, 0.2) is 24.3 Å². The normalized spacial score (nSPS) is 15.9. The number of hydrogen-bond donors (Lipinski definition) is 1. The number of carbonyl (C=O) groups is 1. The number of halogens is 2. The third-order valence-corrected chi connectivity index (χ3v) is 4.38. The van der Waals surface area contributed by atoms with Gasteiger partial charge in [-0.3, -0.25) is 0 Å². The van der Waals surface area contributed by atoms with E-state index in [1.165, 1.54) is 18.2 Å². The van der Waals surface area contributed by atoms with Crippen LogP contribution < -0.4 is 4.72 Å². The molecule has 0 amide bonds. The molecule has 0 aliphatic rings. The van der Waals surface area contributed by atoms with Crippen LogP contribution in [0.25, 0.3) is 0 Å². The number of benzene rings is 1. The van der Waals surface area contributed by atoms with E-state index in [9.17, 15) is 17.8 Å². The molecule has 0 aromatic heterocycles. The van der Waals surface area contributed by atoms with E-state index in [4.69, 9.17) is 0 Å². The van der Waals surface area contributed by atoms with E-state index in [2.05, 4.69) is 9.46 Å². The molecular weight excluding hydrogens is 312 g/mol. The Morgan fingerprint density at radius 3 is 2.55 bits per heavy atom. The van der Waals surface area contributed by atoms with Crippen LogP contribution in [0.2, 0.25) is 0 Å². The Morgan fingerprint density at radius 1 is 1.41 bits per heavy atom. The van der Waals surface area contributed by atoms with Gasteiger partial charge in [0.25, 0.3) is 0 Å². The number of hydrogen-bond acceptors (Lipinski definition) is 3. The molecule has 124 valence electrons. The predicted molar refractivity (Wildman–Crippen MR) is 81.7 cm³/mol. The molecule has 1 rings (SSSR count). The quantitative estimate of drug-likeness (QED) is 0.815. The van der Waals surface area contributed by atoms with E-state index in [1.807, 2.05) is 0 Å². The van der Waals surface area contributed by atoms with Gasteiger partial charge in [-0.1, -0.05) is 12.1 Å². The SMILES string of the molecule is CCOC(=O)[C@@H](F)[C@@H](N[S@@](=O)C(C)(C)C)c1cccc(F)c1. The topological polar surface area (TPSA) is 55.4 Å². The molecular formula is C15H21F2NO3S. The largest absolute Gasteiger partial charge is 0.464 e. The van der Waals surface area contributed by atoms with Crippen LogP contribution in [-0.4, -0.2) is 27.7 Å². The lowest BCUT2D eigenvalue weighted by atomic mass is 10.0. The Kier molecular flexibility index (Phi) is 6.62. The molecule has 0 bridgehead atoms. The summed E-state index contributed by atoms with van der Waals surface area (Å²) in [6.07, 6.45) is -2.09. The Balaban J connectivity index is 3.10. The van der Waals surface area contributed by atoms with Gasteiger partial charge in [0.15, 0.2) is 0 Å². The lowest BCUT2D eigenvalue weighted by Crippen LogP contribution is -2.42. The summed E-state index contributed by atoms with van der Waals surface area (Å²) in [6, 6.07) is 3.92. The first-order chi connectivity index (χ1) is 10.2. The van der Waals surface area contributed by atoms with Crippen LogP contribution in [0.3, 0.4) is 0 Å². The molecule has 4 nitrogen and oxygen atoms in total. The first-order valence-electron chi connectivity index (χ1n) is 6.91. The molecule has 0 aliphatic heterocycles. The highest BCUT2D eigenvalue weighted by atomic mass is 32.2. The Hall–Kier alpha value is -1.34. The number of esters is 1. The summed E-state index contributed by atoms with van der Waals surface area (Å²) in [4.78, 5) is 11.6. The molecule has 0 fully saturated rings. The molecule has 1 aromatic rings. The van der Waals surface area contributed by atoms with Crippen molar-refractivity contribution in [2.75, 3.05) is 6.61 Å². The van der Waals surface area contributed by atoms with E-state index in [0.717, 1.165) is 6.07 Å². The van der Waals surface area contributed by atoms with Crippen molar-refractivity contribution in [3.8, 4) is 0 Å². The first kappa shape index (κ1) is 18.7. The maximum absolute atomic E-state index is 14.4. The average molecular weight is 333 g/mol. The summed E-state index contributed by atoms with van der Waals surface area (Å²) >= 11 is 0. The van der Waals surface area contributed by atoms with Crippen LogP contribution in [-0.2, 0) is 20.5 Å². The molecule has 0 saturated heterocycles. The third kappa shape index (κ3) is 5.14. The molecule has 7 heteroatoms.